The summed E-state index contributed by atoms with van der Waals surface area (Å²) in [6, 6.07) is 0.190. The van der Waals surface area contributed by atoms with Crippen molar-refractivity contribution >= 4 is 29.9 Å². The number of nitrogens with zero attached hydrogens (tertiary/aromatic N) is 5. The van der Waals surface area contributed by atoms with Crippen molar-refractivity contribution in [3.8, 4) is 0 Å². The van der Waals surface area contributed by atoms with Gasteiger partial charge in [0.1, 0.15) is 0 Å². The van der Waals surface area contributed by atoms with E-state index < -0.39 is 0 Å². The zero-order valence-corrected chi connectivity index (χ0v) is 16.8. The topological polar surface area (TPSA) is 68.9 Å². The highest BCUT2D eigenvalue weighted by atomic mass is 127. The molecule has 7 nitrogen and oxygen atoms in total. The molecule has 1 aliphatic heterocycles. The van der Waals surface area contributed by atoms with E-state index in [0.717, 1.165) is 31.0 Å². The highest BCUT2D eigenvalue weighted by molar-refractivity contribution is 14.0. The van der Waals surface area contributed by atoms with Crippen molar-refractivity contribution in [1.82, 2.24) is 24.9 Å². The second-order valence-electron chi connectivity index (χ2n) is 6.01. The molecule has 1 aliphatic rings. The van der Waals surface area contributed by atoms with E-state index in [1.165, 1.54) is 0 Å². The molecular weight excluding hydrogens is 407 g/mol. The molecule has 1 aromatic rings. The molecule has 0 aromatic carbocycles. The number of aliphatic imine (C=N–C) groups is 1. The van der Waals surface area contributed by atoms with E-state index in [9.17, 15) is 5.11 Å². The van der Waals surface area contributed by atoms with Crippen LogP contribution in [0.2, 0.25) is 0 Å². The van der Waals surface area contributed by atoms with E-state index in [4.69, 9.17) is 4.99 Å². The summed E-state index contributed by atoms with van der Waals surface area (Å²) < 4.78 is 1.82. The number of aliphatic hydroxyl groups excluding tert-OH is 1. The summed E-state index contributed by atoms with van der Waals surface area (Å²) in [7, 11) is 6.04. The van der Waals surface area contributed by atoms with E-state index in [0.29, 0.717) is 13.1 Å². The average Bonchev–Trinajstić information content (AvgIpc) is 3.06. The van der Waals surface area contributed by atoms with Crippen LogP contribution < -0.4 is 5.32 Å². The van der Waals surface area contributed by atoms with Crippen LogP contribution >= 0.6 is 24.0 Å². The van der Waals surface area contributed by atoms with E-state index in [1.54, 1.807) is 0 Å². The number of nitrogens with one attached hydrogen (secondary N) is 1. The first-order valence-corrected chi connectivity index (χ1v) is 7.87. The largest absolute Gasteiger partial charge is 0.391 e. The summed E-state index contributed by atoms with van der Waals surface area (Å²) in [5.74, 6) is 0.884. The third-order valence-corrected chi connectivity index (χ3v) is 3.94. The van der Waals surface area contributed by atoms with Crippen LogP contribution in [0.15, 0.2) is 17.4 Å². The fourth-order valence-electron chi connectivity index (χ4n) is 2.71. The summed E-state index contributed by atoms with van der Waals surface area (Å²) >= 11 is 0. The molecule has 2 N–H and O–H groups in total. The van der Waals surface area contributed by atoms with Crippen molar-refractivity contribution in [2.24, 2.45) is 12.0 Å². The second-order valence-corrected chi connectivity index (χ2v) is 6.01. The van der Waals surface area contributed by atoms with Crippen molar-refractivity contribution in [2.75, 3.05) is 40.3 Å². The van der Waals surface area contributed by atoms with Gasteiger partial charge in [-0.2, -0.15) is 5.10 Å². The van der Waals surface area contributed by atoms with Gasteiger partial charge in [0.2, 0.25) is 0 Å². The number of aryl methyl sites for hydroxylation is 1. The lowest BCUT2D eigenvalue weighted by atomic mass is 10.1. The van der Waals surface area contributed by atoms with E-state index >= 15 is 0 Å². The summed E-state index contributed by atoms with van der Waals surface area (Å²) in [5.41, 5.74) is 1.16. The number of halogens is 1. The van der Waals surface area contributed by atoms with Crippen molar-refractivity contribution in [1.29, 1.82) is 0 Å². The van der Waals surface area contributed by atoms with Crippen LogP contribution in [0.1, 0.15) is 24.9 Å². The molecule has 0 spiro atoms. The predicted molar refractivity (Wildman–Crippen MR) is 103 cm³/mol. The molecular formula is C15H29IN6O. The number of likely N-dealkylation sites (tertiary alicyclic amines) is 1. The lowest BCUT2D eigenvalue weighted by Crippen LogP contribution is -2.41. The first-order chi connectivity index (χ1) is 10.5. The SMILES string of the molecule is CCNC(=NCC(c1cnn(C)c1)N(C)C)N1CC[C@@H](O)C1.I. The molecule has 2 atom stereocenters. The molecule has 2 rings (SSSR count). The maximum absolute atomic E-state index is 9.72. The van der Waals surface area contributed by atoms with Gasteiger partial charge in [-0.25, -0.2) is 0 Å². The first-order valence-electron chi connectivity index (χ1n) is 7.87. The monoisotopic (exact) mass is 436 g/mol. The van der Waals surface area contributed by atoms with Gasteiger partial charge in [0, 0.05) is 38.4 Å². The number of hydrogen-bond donors (Lipinski definition) is 2. The number of rotatable bonds is 5. The Balaban J connectivity index is 0.00000264. The Labute approximate surface area is 155 Å². The Morgan fingerprint density at radius 3 is 2.78 bits per heavy atom. The Kier molecular flexibility index (Phi) is 8.27. The molecule has 2 heterocycles. The van der Waals surface area contributed by atoms with Crippen LogP contribution in [0.5, 0.6) is 0 Å². The quantitative estimate of drug-likeness (QED) is 0.404. The number of hydrogen-bond acceptors (Lipinski definition) is 4. The Bertz CT molecular complexity index is 504. The van der Waals surface area contributed by atoms with Crippen LogP contribution in [0.4, 0.5) is 0 Å². The highest BCUT2D eigenvalue weighted by Crippen LogP contribution is 2.18. The lowest BCUT2D eigenvalue weighted by Gasteiger charge is -2.24. The number of guanidine groups is 1. The van der Waals surface area contributed by atoms with Gasteiger partial charge in [-0.15, -0.1) is 24.0 Å². The smallest absolute Gasteiger partial charge is 0.194 e. The normalized spacial score (nSPS) is 19.8. The van der Waals surface area contributed by atoms with Crippen LogP contribution in [0.25, 0.3) is 0 Å². The average molecular weight is 436 g/mol. The molecule has 1 aromatic heterocycles. The Morgan fingerprint density at radius 1 is 1.57 bits per heavy atom. The van der Waals surface area contributed by atoms with Gasteiger partial charge in [-0.05, 0) is 27.4 Å². The minimum atomic E-state index is -0.244. The molecule has 132 valence electrons. The van der Waals surface area contributed by atoms with E-state index in [1.807, 2.05) is 24.1 Å². The molecule has 1 fully saturated rings. The van der Waals surface area contributed by atoms with Gasteiger partial charge in [-0.3, -0.25) is 9.67 Å². The molecule has 1 unspecified atom stereocenters. The minimum Gasteiger partial charge on any atom is -0.391 e. The number of aromatic nitrogens is 2. The van der Waals surface area contributed by atoms with Gasteiger partial charge in [0.05, 0.1) is 24.9 Å². The summed E-state index contributed by atoms with van der Waals surface area (Å²) in [6.07, 6.45) is 4.50. The van der Waals surface area contributed by atoms with Crippen molar-refractivity contribution < 1.29 is 5.11 Å². The Hall–Kier alpha value is -0.870. The number of likely N-dealkylation sites (N-methyl/N-ethyl adjacent to an activating group) is 1. The van der Waals surface area contributed by atoms with Gasteiger partial charge in [-0.1, -0.05) is 0 Å². The molecule has 0 saturated carbocycles. The Morgan fingerprint density at radius 2 is 2.30 bits per heavy atom. The maximum atomic E-state index is 9.72. The molecule has 0 radical (unpaired) electrons. The first kappa shape index (κ1) is 20.2. The van der Waals surface area contributed by atoms with Gasteiger partial charge < -0.3 is 20.2 Å². The van der Waals surface area contributed by atoms with Crippen molar-refractivity contribution in [3.05, 3.63) is 18.0 Å². The van der Waals surface area contributed by atoms with Crippen LogP contribution in [-0.2, 0) is 7.05 Å². The number of aliphatic hydroxyl groups is 1. The van der Waals surface area contributed by atoms with E-state index in [2.05, 4.69) is 41.2 Å². The standard InChI is InChI=1S/C15H28N6O.HI/c1-5-16-15(21-7-6-13(22)11-21)17-9-14(19(2)3)12-8-18-20(4)10-12;/h8,10,13-14,22H,5-7,9,11H2,1-4H3,(H,16,17);1H/t13-,14?;/m1./s1. The number of β-amino-alcohol motifs (C(OH)–C–C–N with tert-alkyl or cyclic N) is 1. The van der Waals surface area contributed by atoms with Crippen LogP contribution in [0, 0.1) is 0 Å². The summed E-state index contributed by atoms with van der Waals surface area (Å²) in [6.45, 7) is 5.06. The summed E-state index contributed by atoms with van der Waals surface area (Å²) in [4.78, 5) is 9.06. The van der Waals surface area contributed by atoms with Gasteiger partial charge >= 0.3 is 0 Å². The second kappa shape index (κ2) is 9.43. The van der Waals surface area contributed by atoms with Crippen molar-refractivity contribution in [2.45, 2.75) is 25.5 Å². The molecule has 0 aliphatic carbocycles. The fourth-order valence-corrected chi connectivity index (χ4v) is 2.71. The molecule has 23 heavy (non-hydrogen) atoms. The third kappa shape index (κ3) is 5.61. The highest BCUT2D eigenvalue weighted by Gasteiger charge is 2.23. The van der Waals surface area contributed by atoms with Crippen LogP contribution in [0.3, 0.4) is 0 Å². The lowest BCUT2D eigenvalue weighted by molar-refractivity contribution is 0.187. The predicted octanol–water partition coefficient (Wildman–Crippen LogP) is 0.673. The van der Waals surface area contributed by atoms with Gasteiger partial charge in [0.25, 0.3) is 0 Å². The minimum absolute atomic E-state index is 0. The molecule has 1 saturated heterocycles. The molecule has 0 bridgehead atoms. The third-order valence-electron chi connectivity index (χ3n) is 3.94. The summed E-state index contributed by atoms with van der Waals surface area (Å²) in [5, 5.41) is 17.3. The molecule has 8 heteroatoms. The zero-order chi connectivity index (χ0) is 16.1. The van der Waals surface area contributed by atoms with Crippen molar-refractivity contribution in [3.63, 3.8) is 0 Å². The fraction of sp³-hybridized carbons (Fsp3) is 0.733. The van der Waals surface area contributed by atoms with Crippen LogP contribution in [-0.4, -0.2) is 77.0 Å². The molecule has 0 amide bonds. The zero-order valence-electron chi connectivity index (χ0n) is 14.4. The maximum Gasteiger partial charge on any atom is 0.194 e. The van der Waals surface area contributed by atoms with E-state index in [-0.39, 0.29) is 36.1 Å². The van der Waals surface area contributed by atoms with Gasteiger partial charge in [0.15, 0.2) is 5.96 Å².